The Kier molecular flexibility index (Phi) is 3.70. The van der Waals surface area contributed by atoms with Crippen LogP contribution in [0.2, 0.25) is 0 Å². The van der Waals surface area contributed by atoms with E-state index in [9.17, 15) is 15.0 Å². The van der Waals surface area contributed by atoms with Crippen molar-refractivity contribution in [1.82, 2.24) is 4.98 Å². The quantitative estimate of drug-likeness (QED) is 0.442. The number of rotatable bonds is 3. The number of phenolic OH excluding ortho intramolecular Hbond substituents is 2. The van der Waals surface area contributed by atoms with Gasteiger partial charge < -0.3 is 20.5 Å². The van der Waals surface area contributed by atoms with Gasteiger partial charge in [0.15, 0.2) is 0 Å². The number of fused-ring (bicyclic) bond motifs is 1. The number of aryl methyl sites for hydroxylation is 2. The van der Waals surface area contributed by atoms with E-state index in [-0.39, 0.29) is 23.6 Å². The van der Waals surface area contributed by atoms with Crippen LogP contribution < -0.4 is 10.9 Å². The van der Waals surface area contributed by atoms with Gasteiger partial charge in [-0.15, -0.1) is 0 Å². The topological polar surface area (TPSA) is 85.3 Å². The smallest absolute Gasteiger partial charge is 0.253 e. The summed E-state index contributed by atoms with van der Waals surface area (Å²) >= 11 is 0. The SMILES string of the molecule is Cc1cc2cc(CNc3ccc(O)cc3O)c(=O)[nH]c2cc1C. The first-order chi connectivity index (χ1) is 10.9. The monoisotopic (exact) mass is 310 g/mol. The molecule has 1 aromatic heterocycles. The van der Waals surface area contributed by atoms with Crippen molar-refractivity contribution in [2.45, 2.75) is 20.4 Å². The van der Waals surface area contributed by atoms with Crippen LogP contribution >= 0.6 is 0 Å². The van der Waals surface area contributed by atoms with Gasteiger partial charge in [0.1, 0.15) is 11.5 Å². The largest absolute Gasteiger partial charge is 0.508 e. The lowest BCUT2D eigenvalue weighted by Crippen LogP contribution is -2.15. The second-order valence-electron chi connectivity index (χ2n) is 5.70. The number of phenols is 2. The fraction of sp³-hybridized carbons (Fsp3) is 0.167. The average molecular weight is 310 g/mol. The molecule has 0 aliphatic rings. The highest BCUT2D eigenvalue weighted by molar-refractivity contribution is 5.80. The standard InChI is InChI=1S/C18H18N2O3/c1-10-5-12-7-13(18(23)20-16(12)6-11(10)2)9-19-15-4-3-14(21)8-17(15)22/h3-8,19,21-22H,9H2,1-2H3,(H,20,23). The zero-order valence-electron chi connectivity index (χ0n) is 13.0. The zero-order chi connectivity index (χ0) is 16.6. The van der Waals surface area contributed by atoms with Crippen molar-refractivity contribution in [2.24, 2.45) is 0 Å². The Bertz CT molecular complexity index is 945. The fourth-order valence-corrected chi connectivity index (χ4v) is 2.51. The summed E-state index contributed by atoms with van der Waals surface area (Å²) in [6, 6.07) is 10.1. The van der Waals surface area contributed by atoms with Gasteiger partial charge in [0.25, 0.3) is 5.56 Å². The Balaban J connectivity index is 1.92. The summed E-state index contributed by atoms with van der Waals surface area (Å²) < 4.78 is 0. The molecule has 3 rings (SSSR count). The van der Waals surface area contributed by atoms with Crippen molar-refractivity contribution in [3.63, 3.8) is 0 Å². The highest BCUT2D eigenvalue weighted by Crippen LogP contribution is 2.27. The molecule has 0 atom stereocenters. The van der Waals surface area contributed by atoms with Crippen LogP contribution in [0.5, 0.6) is 11.5 Å². The summed E-state index contributed by atoms with van der Waals surface area (Å²) in [6.07, 6.45) is 0. The maximum absolute atomic E-state index is 12.2. The lowest BCUT2D eigenvalue weighted by Gasteiger charge is -2.10. The molecule has 0 fully saturated rings. The van der Waals surface area contributed by atoms with Crippen molar-refractivity contribution in [3.8, 4) is 11.5 Å². The Labute approximate surface area is 133 Å². The van der Waals surface area contributed by atoms with Crippen LogP contribution in [0.1, 0.15) is 16.7 Å². The van der Waals surface area contributed by atoms with Crippen LogP contribution in [-0.4, -0.2) is 15.2 Å². The summed E-state index contributed by atoms with van der Waals surface area (Å²) in [6.45, 7) is 4.32. The number of hydrogen-bond acceptors (Lipinski definition) is 4. The maximum atomic E-state index is 12.2. The normalized spacial score (nSPS) is 10.9. The van der Waals surface area contributed by atoms with E-state index >= 15 is 0 Å². The third kappa shape index (κ3) is 2.99. The van der Waals surface area contributed by atoms with Gasteiger partial charge in [0.2, 0.25) is 0 Å². The molecule has 118 valence electrons. The van der Waals surface area contributed by atoms with Crippen LogP contribution in [0.4, 0.5) is 5.69 Å². The number of anilines is 1. The molecule has 0 bridgehead atoms. The van der Waals surface area contributed by atoms with Crippen molar-refractivity contribution in [3.05, 3.63) is 63.4 Å². The van der Waals surface area contributed by atoms with E-state index in [1.807, 2.05) is 32.0 Å². The highest BCUT2D eigenvalue weighted by Gasteiger charge is 2.07. The van der Waals surface area contributed by atoms with E-state index < -0.39 is 0 Å². The molecule has 2 aromatic carbocycles. The van der Waals surface area contributed by atoms with Crippen molar-refractivity contribution < 1.29 is 10.2 Å². The second-order valence-corrected chi connectivity index (χ2v) is 5.70. The van der Waals surface area contributed by atoms with Gasteiger partial charge >= 0.3 is 0 Å². The number of H-pyrrole nitrogens is 1. The van der Waals surface area contributed by atoms with E-state index in [0.717, 1.165) is 16.5 Å². The number of hydrogen-bond donors (Lipinski definition) is 4. The number of nitrogens with one attached hydrogen (secondary N) is 2. The summed E-state index contributed by atoms with van der Waals surface area (Å²) in [5, 5.41) is 23.0. The van der Waals surface area contributed by atoms with Gasteiger partial charge in [0.05, 0.1) is 5.69 Å². The van der Waals surface area contributed by atoms with Crippen molar-refractivity contribution in [2.75, 3.05) is 5.32 Å². The maximum Gasteiger partial charge on any atom is 0.253 e. The summed E-state index contributed by atoms with van der Waals surface area (Å²) in [7, 11) is 0. The lowest BCUT2D eigenvalue weighted by molar-refractivity contribution is 0.452. The van der Waals surface area contributed by atoms with Crippen LogP contribution in [-0.2, 0) is 6.54 Å². The molecule has 0 aliphatic heterocycles. The Morgan fingerprint density at radius 3 is 2.52 bits per heavy atom. The van der Waals surface area contributed by atoms with Crippen molar-refractivity contribution in [1.29, 1.82) is 0 Å². The average Bonchev–Trinajstić information content (AvgIpc) is 2.48. The van der Waals surface area contributed by atoms with E-state index in [4.69, 9.17) is 0 Å². The molecule has 23 heavy (non-hydrogen) atoms. The Morgan fingerprint density at radius 2 is 1.78 bits per heavy atom. The molecule has 0 aliphatic carbocycles. The van der Waals surface area contributed by atoms with Gasteiger partial charge in [-0.05, 0) is 60.7 Å². The summed E-state index contributed by atoms with van der Waals surface area (Å²) in [4.78, 5) is 15.1. The molecular formula is C18H18N2O3. The van der Waals surface area contributed by atoms with Gasteiger partial charge in [-0.2, -0.15) is 0 Å². The second kappa shape index (κ2) is 5.68. The number of pyridine rings is 1. The van der Waals surface area contributed by atoms with Crippen molar-refractivity contribution >= 4 is 16.6 Å². The summed E-state index contributed by atoms with van der Waals surface area (Å²) in [5.41, 5.74) is 3.99. The molecule has 4 N–H and O–H groups in total. The molecule has 1 heterocycles. The van der Waals surface area contributed by atoms with Gasteiger partial charge in [-0.25, -0.2) is 0 Å². The van der Waals surface area contributed by atoms with Gasteiger partial charge in [-0.3, -0.25) is 4.79 Å². The first-order valence-electron chi connectivity index (χ1n) is 7.33. The predicted octanol–water partition coefficient (Wildman–Crippen LogP) is 3.17. The summed E-state index contributed by atoms with van der Waals surface area (Å²) in [5.74, 6) is -0.0730. The number of aromatic nitrogens is 1. The molecule has 0 saturated carbocycles. The first-order valence-corrected chi connectivity index (χ1v) is 7.33. The Morgan fingerprint density at radius 1 is 1.04 bits per heavy atom. The molecule has 0 saturated heterocycles. The minimum Gasteiger partial charge on any atom is -0.508 e. The van der Waals surface area contributed by atoms with Crippen LogP contribution in [0.15, 0.2) is 41.2 Å². The molecular weight excluding hydrogens is 292 g/mol. The fourth-order valence-electron chi connectivity index (χ4n) is 2.51. The minimum absolute atomic E-state index is 0.0116. The van der Waals surface area contributed by atoms with Gasteiger partial charge in [0, 0.05) is 23.7 Å². The third-order valence-electron chi connectivity index (χ3n) is 3.99. The van der Waals surface area contributed by atoms with E-state index in [2.05, 4.69) is 10.3 Å². The number of aromatic hydroxyl groups is 2. The minimum atomic E-state index is -0.161. The van der Waals surface area contributed by atoms with Crippen LogP contribution in [0.3, 0.4) is 0 Å². The van der Waals surface area contributed by atoms with E-state index in [1.54, 1.807) is 6.07 Å². The van der Waals surface area contributed by atoms with Crippen LogP contribution in [0, 0.1) is 13.8 Å². The van der Waals surface area contributed by atoms with Gasteiger partial charge in [-0.1, -0.05) is 0 Å². The van der Waals surface area contributed by atoms with E-state index in [1.165, 1.54) is 17.7 Å². The molecule has 0 radical (unpaired) electrons. The predicted molar refractivity (Wildman–Crippen MR) is 91.1 cm³/mol. The first kappa shape index (κ1) is 15.0. The molecule has 0 amide bonds. The molecule has 3 aromatic rings. The third-order valence-corrected chi connectivity index (χ3v) is 3.99. The molecule has 0 unspecified atom stereocenters. The molecule has 5 nitrogen and oxygen atoms in total. The van der Waals surface area contributed by atoms with E-state index in [0.29, 0.717) is 11.3 Å². The number of aromatic amines is 1. The number of benzene rings is 2. The highest BCUT2D eigenvalue weighted by atomic mass is 16.3. The zero-order valence-corrected chi connectivity index (χ0v) is 13.0. The Hall–Kier alpha value is -2.95. The van der Waals surface area contributed by atoms with Crippen LogP contribution in [0.25, 0.3) is 10.9 Å². The molecule has 0 spiro atoms. The molecule has 5 heteroatoms. The lowest BCUT2D eigenvalue weighted by atomic mass is 10.0.